The van der Waals surface area contributed by atoms with E-state index in [0.717, 1.165) is 24.2 Å². The normalized spacial score (nSPS) is 25.3. The third-order valence-electron chi connectivity index (χ3n) is 5.41. The summed E-state index contributed by atoms with van der Waals surface area (Å²) in [7, 11) is 0. The number of hydrogen-bond donors (Lipinski definition) is 1. The van der Waals surface area contributed by atoms with Crippen molar-refractivity contribution in [2.24, 2.45) is 11.1 Å². The average molecular weight is 380 g/mol. The molecule has 2 N–H and O–H groups in total. The van der Waals surface area contributed by atoms with Crippen LogP contribution in [0.1, 0.15) is 42.8 Å². The quantitative estimate of drug-likeness (QED) is 0.636. The first-order valence-corrected chi connectivity index (χ1v) is 9.62. The van der Waals surface area contributed by atoms with Gasteiger partial charge in [-0.2, -0.15) is 0 Å². The minimum Gasteiger partial charge on any atom is -0.340 e. The van der Waals surface area contributed by atoms with Gasteiger partial charge in [-0.05, 0) is 30.7 Å². The third-order valence-corrected chi connectivity index (χ3v) is 6.43. The Morgan fingerprint density at radius 3 is 2.65 bits per heavy atom. The topological polar surface area (TPSA) is 110 Å². The number of thiophene rings is 1. The second-order valence-electron chi connectivity index (χ2n) is 7.70. The zero-order valence-electron chi connectivity index (χ0n) is 15.0. The molecule has 142 valence electrons. The molecule has 1 aromatic rings. The number of carbonyl (C=O) groups is 2. The molecule has 0 aliphatic carbocycles. The number of piperidine rings is 1. The van der Waals surface area contributed by atoms with Gasteiger partial charge in [0.05, 0.1) is 9.80 Å². The molecular weight excluding hydrogens is 356 g/mol. The Hall–Kier alpha value is -2.00. The number of nitrogens with zero attached hydrogens (tertiary/aromatic N) is 3. The molecule has 2 amide bonds. The summed E-state index contributed by atoms with van der Waals surface area (Å²) in [6.07, 6.45) is 2.13. The highest BCUT2D eigenvalue weighted by Crippen LogP contribution is 2.31. The van der Waals surface area contributed by atoms with Gasteiger partial charge in [0.1, 0.15) is 6.04 Å². The van der Waals surface area contributed by atoms with E-state index in [-0.39, 0.29) is 28.3 Å². The molecule has 3 rings (SSSR count). The number of carbonyl (C=O) groups excluding carboxylic acids is 2. The standard InChI is InChI=1S/C17H24N4O4S/c1-17(2)10-19(9-7-13(17)18)15(22)11-4-3-8-20(11)16(23)12-5-6-14(26-12)21(24)25/h5-6,11,13H,3-4,7-10,18H2,1-2H3. The molecule has 26 heavy (non-hydrogen) atoms. The number of nitro groups is 1. The molecule has 0 bridgehead atoms. The Bertz CT molecular complexity index is 732. The Kier molecular flexibility index (Phi) is 5.03. The van der Waals surface area contributed by atoms with E-state index in [4.69, 9.17) is 5.73 Å². The van der Waals surface area contributed by atoms with Gasteiger partial charge < -0.3 is 15.5 Å². The van der Waals surface area contributed by atoms with Gasteiger partial charge in [-0.3, -0.25) is 19.7 Å². The lowest BCUT2D eigenvalue weighted by Gasteiger charge is -2.44. The van der Waals surface area contributed by atoms with Crippen molar-refractivity contribution in [1.29, 1.82) is 0 Å². The van der Waals surface area contributed by atoms with Crippen molar-refractivity contribution < 1.29 is 14.5 Å². The van der Waals surface area contributed by atoms with Crippen LogP contribution in [0.5, 0.6) is 0 Å². The van der Waals surface area contributed by atoms with E-state index in [1.165, 1.54) is 12.1 Å². The highest BCUT2D eigenvalue weighted by atomic mass is 32.1. The lowest BCUT2D eigenvalue weighted by Crippen LogP contribution is -2.57. The van der Waals surface area contributed by atoms with Crippen molar-refractivity contribution >= 4 is 28.2 Å². The number of amides is 2. The number of likely N-dealkylation sites (tertiary alicyclic amines) is 2. The molecule has 9 heteroatoms. The van der Waals surface area contributed by atoms with Gasteiger partial charge in [0, 0.05) is 31.7 Å². The minimum absolute atomic E-state index is 0.0399. The fourth-order valence-electron chi connectivity index (χ4n) is 3.72. The summed E-state index contributed by atoms with van der Waals surface area (Å²) in [6.45, 7) is 5.79. The lowest BCUT2D eigenvalue weighted by atomic mass is 9.79. The summed E-state index contributed by atoms with van der Waals surface area (Å²) in [5.41, 5.74) is 5.99. The summed E-state index contributed by atoms with van der Waals surface area (Å²) in [6, 6.07) is 2.36. The first kappa shape index (κ1) is 18.8. The summed E-state index contributed by atoms with van der Waals surface area (Å²) in [5.74, 6) is -0.339. The van der Waals surface area contributed by atoms with Crippen LogP contribution in [0, 0.1) is 15.5 Å². The molecule has 2 aliphatic rings. The predicted molar refractivity (Wildman–Crippen MR) is 98.0 cm³/mol. The zero-order valence-corrected chi connectivity index (χ0v) is 15.8. The van der Waals surface area contributed by atoms with Gasteiger partial charge in [0.25, 0.3) is 5.91 Å². The Labute approximate surface area is 156 Å². The van der Waals surface area contributed by atoms with Gasteiger partial charge >= 0.3 is 5.00 Å². The maximum Gasteiger partial charge on any atom is 0.324 e. The summed E-state index contributed by atoms with van der Waals surface area (Å²) in [4.78, 5) is 39.8. The Morgan fingerprint density at radius 1 is 1.31 bits per heavy atom. The van der Waals surface area contributed by atoms with Gasteiger partial charge in [0.15, 0.2) is 0 Å². The molecular formula is C17H24N4O4S. The van der Waals surface area contributed by atoms with Crippen molar-refractivity contribution in [2.45, 2.75) is 45.2 Å². The Morgan fingerprint density at radius 2 is 2.04 bits per heavy atom. The van der Waals surface area contributed by atoms with Crippen molar-refractivity contribution in [2.75, 3.05) is 19.6 Å². The maximum absolute atomic E-state index is 13.0. The second-order valence-corrected chi connectivity index (χ2v) is 8.76. The van der Waals surface area contributed by atoms with Crippen LogP contribution in [0.4, 0.5) is 5.00 Å². The van der Waals surface area contributed by atoms with E-state index in [1.54, 1.807) is 4.90 Å². The molecule has 2 fully saturated rings. The van der Waals surface area contributed by atoms with E-state index < -0.39 is 11.0 Å². The fraction of sp³-hybridized carbons (Fsp3) is 0.647. The van der Waals surface area contributed by atoms with Gasteiger partial charge in [0.2, 0.25) is 5.91 Å². The van der Waals surface area contributed by atoms with Crippen LogP contribution in [0.25, 0.3) is 0 Å². The first-order chi connectivity index (χ1) is 12.2. The molecule has 0 radical (unpaired) electrons. The zero-order chi connectivity index (χ0) is 19.1. The van der Waals surface area contributed by atoms with Crippen LogP contribution >= 0.6 is 11.3 Å². The summed E-state index contributed by atoms with van der Waals surface area (Å²) < 4.78 is 0. The molecule has 8 nitrogen and oxygen atoms in total. The highest BCUT2D eigenvalue weighted by Gasteiger charge is 2.41. The van der Waals surface area contributed by atoms with Gasteiger partial charge in [-0.25, -0.2) is 0 Å². The molecule has 0 saturated carbocycles. The van der Waals surface area contributed by atoms with E-state index >= 15 is 0 Å². The highest BCUT2D eigenvalue weighted by molar-refractivity contribution is 7.17. The average Bonchev–Trinajstić information content (AvgIpc) is 3.25. The smallest absolute Gasteiger partial charge is 0.324 e. The monoisotopic (exact) mass is 380 g/mol. The van der Waals surface area contributed by atoms with Crippen LogP contribution in [-0.4, -0.2) is 58.3 Å². The Balaban J connectivity index is 1.74. The van der Waals surface area contributed by atoms with E-state index in [2.05, 4.69) is 13.8 Å². The lowest BCUT2D eigenvalue weighted by molar-refractivity contribution is -0.380. The van der Waals surface area contributed by atoms with E-state index in [9.17, 15) is 19.7 Å². The molecule has 2 atom stereocenters. The summed E-state index contributed by atoms with van der Waals surface area (Å²) >= 11 is 0.854. The van der Waals surface area contributed by atoms with Crippen LogP contribution in [0.15, 0.2) is 12.1 Å². The van der Waals surface area contributed by atoms with Crippen molar-refractivity contribution in [3.63, 3.8) is 0 Å². The molecule has 2 aliphatic heterocycles. The first-order valence-electron chi connectivity index (χ1n) is 8.80. The molecule has 2 saturated heterocycles. The minimum atomic E-state index is -0.507. The van der Waals surface area contributed by atoms with Crippen LogP contribution < -0.4 is 5.73 Å². The number of hydrogen-bond acceptors (Lipinski definition) is 6. The van der Waals surface area contributed by atoms with Crippen molar-refractivity contribution in [1.82, 2.24) is 9.80 Å². The molecule has 1 aromatic heterocycles. The largest absolute Gasteiger partial charge is 0.340 e. The van der Waals surface area contributed by atoms with Crippen molar-refractivity contribution in [3.8, 4) is 0 Å². The van der Waals surface area contributed by atoms with Crippen molar-refractivity contribution in [3.05, 3.63) is 27.1 Å². The van der Waals surface area contributed by atoms with E-state index in [0.29, 0.717) is 30.9 Å². The SMILES string of the molecule is CC1(C)CN(C(=O)C2CCCN2C(=O)c2ccc([N+](=O)[O-])s2)CCC1N. The van der Waals surface area contributed by atoms with Gasteiger partial charge in [-0.1, -0.05) is 25.2 Å². The number of nitrogens with two attached hydrogens (primary N) is 1. The van der Waals surface area contributed by atoms with Crippen LogP contribution in [0.2, 0.25) is 0 Å². The number of rotatable bonds is 3. The van der Waals surface area contributed by atoms with Crippen LogP contribution in [-0.2, 0) is 4.79 Å². The predicted octanol–water partition coefficient (Wildman–Crippen LogP) is 1.85. The molecule has 3 heterocycles. The fourth-order valence-corrected chi connectivity index (χ4v) is 4.50. The molecule has 0 spiro atoms. The third kappa shape index (κ3) is 3.45. The van der Waals surface area contributed by atoms with E-state index in [1.807, 2.05) is 4.90 Å². The molecule has 2 unspecified atom stereocenters. The maximum atomic E-state index is 13.0. The summed E-state index contributed by atoms with van der Waals surface area (Å²) in [5, 5.41) is 10.8. The van der Waals surface area contributed by atoms with Gasteiger partial charge in [-0.15, -0.1) is 0 Å². The van der Waals surface area contributed by atoms with Crippen LogP contribution in [0.3, 0.4) is 0 Å². The molecule has 0 aromatic carbocycles. The second kappa shape index (κ2) is 6.96.